The Bertz CT molecular complexity index is 726. The van der Waals surface area contributed by atoms with Gasteiger partial charge in [-0.25, -0.2) is 13.1 Å². The van der Waals surface area contributed by atoms with Crippen LogP contribution in [0.2, 0.25) is 0 Å². The van der Waals surface area contributed by atoms with Crippen LogP contribution in [0.15, 0.2) is 29.2 Å². The van der Waals surface area contributed by atoms with Gasteiger partial charge in [-0.15, -0.1) is 12.4 Å². The lowest BCUT2D eigenvalue weighted by Crippen LogP contribution is -2.42. The van der Waals surface area contributed by atoms with E-state index in [1.807, 2.05) is 0 Å². The lowest BCUT2D eigenvalue weighted by Gasteiger charge is -2.22. The molecule has 1 atom stereocenters. The maximum atomic E-state index is 12.2. The SMILES string of the molecule is Cl.O=C(CC1CSCCN1)NCCNS(=O)(=O)c1ccccc1[N+](=O)[O-]. The second-order valence-electron chi connectivity index (χ2n) is 5.40. The van der Waals surface area contributed by atoms with E-state index >= 15 is 0 Å². The van der Waals surface area contributed by atoms with Crippen LogP contribution in [0.1, 0.15) is 6.42 Å². The first-order valence-corrected chi connectivity index (χ1v) is 10.3. The molecule has 1 aromatic carbocycles. The third kappa shape index (κ3) is 6.72. The summed E-state index contributed by atoms with van der Waals surface area (Å²) in [5.41, 5.74) is -0.486. The Balaban J connectivity index is 0.00000338. The molecule has 0 radical (unpaired) electrons. The lowest BCUT2D eigenvalue weighted by molar-refractivity contribution is -0.387. The predicted octanol–water partition coefficient (Wildman–Crippen LogP) is 0.506. The number of carbonyl (C=O) groups is 1. The van der Waals surface area contributed by atoms with Crippen molar-refractivity contribution in [2.75, 3.05) is 31.1 Å². The maximum absolute atomic E-state index is 12.2. The summed E-state index contributed by atoms with van der Waals surface area (Å²) in [5, 5.41) is 16.8. The fourth-order valence-corrected chi connectivity index (χ4v) is 4.50. The number of nitrogens with one attached hydrogen (secondary N) is 3. The van der Waals surface area contributed by atoms with Crippen LogP contribution in [0.25, 0.3) is 0 Å². The van der Waals surface area contributed by atoms with Crippen molar-refractivity contribution >= 4 is 45.8 Å². The predicted molar refractivity (Wildman–Crippen MR) is 102 cm³/mol. The number of halogens is 1. The zero-order valence-electron chi connectivity index (χ0n) is 13.8. The molecule has 0 aliphatic carbocycles. The number of nitro groups is 1. The number of sulfonamides is 1. The second-order valence-corrected chi connectivity index (χ2v) is 8.29. The highest BCUT2D eigenvalue weighted by Crippen LogP contribution is 2.22. The molecule has 1 heterocycles. The third-order valence-corrected chi connectivity index (χ3v) is 6.16. The summed E-state index contributed by atoms with van der Waals surface area (Å²) < 4.78 is 26.6. The number of rotatable bonds is 8. The summed E-state index contributed by atoms with van der Waals surface area (Å²) >= 11 is 1.79. The number of amides is 1. The zero-order chi connectivity index (χ0) is 18.3. The molecule has 1 aliphatic rings. The average Bonchev–Trinajstić information content (AvgIpc) is 2.59. The van der Waals surface area contributed by atoms with Gasteiger partial charge < -0.3 is 10.6 Å². The lowest BCUT2D eigenvalue weighted by atomic mass is 10.2. The minimum atomic E-state index is -4.02. The molecular weight excluding hydrogens is 404 g/mol. The van der Waals surface area contributed by atoms with Gasteiger partial charge in [0.1, 0.15) is 0 Å². The Kier molecular flexibility index (Phi) is 9.30. The highest BCUT2D eigenvalue weighted by atomic mass is 35.5. The van der Waals surface area contributed by atoms with Gasteiger partial charge in [0, 0.05) is 49.7 Å². The first kappa shape index (κ1) is 22.6. The van der Waals surface area contributed by atoms with Crippen molar-refractivity contribution in [3.05, 3.63) is 34.4 Å². The molecule has 0 spiro atoms. The number of carbonyl (C=O) groups excluding carboxylic acids is 1. The van der Waals surface area contributed by atoms with E-state index in [9.17, 15) is 23.3 Å². The Morgan fingerprint density at radius 1 is 1.35 bits per heavy atom. The van der Waals surface area contributed by atoms with E-state index < -0.39 is 25.5 Å². The Hall–Kier alpha value is -1.40. The topological polar surface area (TPSA) is 130 Å². The number of hydrogen-bond donors (Lipinski definition) is 3. The van der Waals surface area contributed by atoms with E-state index in [1.165, 1.54) is 18.2 Å². The smallest absolute Gasteiger partial charge is 0.289 e. The number of thioether (sulfide) groups is 1. The minimum Gasteiger partial charge on any atom is -0.355 e. The standard InChI is InChI=1S/C14H20N4O5S2.ClH/c19-14(9-11-10-24-8-7-15-11)16-5-6-17-25(22,23)13-4-2-1-3-12(13)18(20)21;/h1-4,11,15,17H,5-10H2,(H,16,19);1H. The second kappa shape index (κ2) is 10.7. The van der Waals surface area contributed by atoms with E-state index in [1.54, 1.807) is 11.8 Å². The molecule has 26 heavy (non-hydrogen) atoms. The molecule has 2 rings (SSSR count). The summed E-state index contributed by atoms with van der Waals surface area (Å²) in [4.78, 5) is 21.6. The van der Waals surface area contributed by atoms with Gasteiger partial charge in [0.25, 0.3) is 5.69 Å². The maximum Gasteiger partial charge on any atom is 0.289 e. The Labute approximate surface area is 162 Å². The van der Waals surface area contributed by atoms with Gasteiger partial charge in [-0.2, -0.15) is 11.8 Å². The van der Waals surface area contributed by atoms with Gasteiger partial charge in [-0.05, 0) is 6.07 Å². The van der Waals surface area contributed by atoms with Crippen LogP contribution in [0, 0.1) is 10.1 Å². The van der Waals surface area contributed by atoms with Crippen molar-refractivity contribution in [2.24, 2.45) is 0 Å². The molecule has 1 fully saturated rings. The summed E-state index contributed by atoms with van der Waals surface area (Å²) in [7, 11) is -4.02. The van der Waals surface area contributed by atoms with Crippen LogP contribution in [-0.4, -0.2) is 56.4 Å². The molecule has 1 saturated heterocycles. The van der Waals surface area contributed by atoms with Gasteiger partial charge in [0.05, 0.1) is 4.92 Å². The number of hydrogen-bond acceptors (Lipinski definition) is 7. The molecular formula is C14H21ClN4O5S2. The van der Waals surface area contributed by atoms with Gasteiger partial charge in [-0.1, -0.05) is 12.1 Å². The summed E-state index contributed by atoms with van der Waals surface area (Å²) in [5.74, 6) is 1.74. The Morgan fingerprint density at radius 2 is 2.08 bits per heavy atom. The largest absolute Gasteiger partial charge is 0.355 e. The summed E-state index contributed by atoms with van der Waals surface area (Å²) in [6.07, 6.45) is 0.337. The van der Waals surface area contributed by atoms with Crippen molar-refractivity contribution in [3.8, 4) is 0 Å². The number of nitrogens with zero attached hydrogens (tertiary/aromatic N) is 1. The molecule has 9 nitrogen and oxygen atoms in total. The quantitative estimate of drug-likeness (QED) is 0.314. The van der Waals surface area contributed by atoms with Gasteiger partial charge in [0.15, 0.2) is 4.90 Å². The van der Waals surface area contributed by atoms with Crippen LogP contribution < -0.4 is 15.4 Å². The molecule has 1 aromatic rings. The van der Waals surface area contributed by atoms with Crippen molar-refractivity contribution in [1.82, 2.24) is 15.4 Å². The molecule has 12 heteroatoms. The van der Waals surface area contributed by atoms with E-state index in [2.05, 4.69) is 15.4 Å². The fourth-order valence-electron chi connectivity index (χ4n) is 2.35. The van der Waals surface area contributed by atoms with Gasteiger partial charge >= 0.3 is 0 Å². The van der Waals surface area contributed by atoms with E-state index in [0.717, 1.165) is 24.1 Å². The monoisotopic (exact) mass is 424 g/mol. The van der Waals surface area contributed by atoms with Crippen LogP contribution in [0.3, 0.4) is 0 Å². The average molecular weight is 425 g/mol. The van der Waals surface area contributed by atoms with Crippen molar-refractivity contribution in [2.45, 2.75) is 17.4 Å². The molecule has 1 aliphatic heterocycles. The molecule has 0 saturated carbocycles. The molecule has 3 N–H and O–H groups in total. The first-order valence-electron chi connectivity index (χ1n) is 7.71. The van der Waals surface area contributed by atoms with Crippen LogP contribution in [-0.2, 0) is 14.8 Å². The molecule has 146 valence electrons. The normalized spacial score (nSPS) is 17.2. The number of nitro benzene ring substituents is 1. The highest BCUT2D eigenvalue weighted by molar-refractivity contribution is 7.99. The highest BCUT2D eigenvalue weighted by Gasteiger charge is 2.24. The number of para-hydroxylation sites is 1. The van der Waals surface area contributed by atoms with Gasteiger partial charge in [0.2, 0.25) is 15.9 Å². The first-order chi connectivity index (χ1) is 11.9. The molecule has 1 amide bonds. The Morgan fingerprint density at radius 3 is 2.73 bits per heavy atom. The van der Waals surface area contributed by atoms with E-state index in [0.29, 0.717) is 6.42 Å². The van der Waals surface area contributed by atoms with Crippen molar-refractivity contribution in [3.63, 3.8) is 0 Å². The molecule has 1 unspecified atom stereocenters. The zero-order valence-corrected chi connectivity index (χ0v) is 16.3. The van der Waals surface area contributed by atoms with Crippen LogP contribution in [0.4, 0.5) is 5.69 Å². The third-order valence-electron chi connectivity index (χ3n) is 3.52. The van der Waals surface area contributed by atoms with Crippen molar-refractivity contribution < 1.29 is 18.1 Å². The minimum absolute atomic E-state index is 0. The number of benzene rings is 1. The molecule has 0 bridgehead atoms. The molecule has 0 aromatic heterocycles. The van der Waals surface area contributed by atoms with Crippen LogP contribution >= 0.6 is 24.2 Å². The van der Waals surface area contributed by atoms with Crippen LogP contribution in [0.5, 0.6) is 0 Å². The summed E-state index contributed by atoms with van der Waals surface area (Å²) in [6.45, 7) is 0.934. The van der Waals surface area contributed by atoms with E-state index in [4.69, 9.17) is 0 Å². The summed E-state index contributed by atoms with van der Waals surface area (Å²) in [6, 6.07) is 5.24. The fraction of sp³-hybridized carbons (Fsp3) is 0.500. The van der Waals surface area contributed by atoms with E-state index in [-0.39, 0.29) is 37.4 Å². The van der Waals surface area contributed by atoms with Gasteiger partial charge in [-0.3, -0.25) is 14.9 Å². The van der Waals surface area contributed by atoms with Crippen molar-refractivity contribution in [1.29, 1.82) is 0 Å².